The van der Waals surface area contributed by atoms with Crippen LogP contribution in [-0.2, 0) is 0 Å². The Balaban J connectivity index is 2.44. The van der Waals surface area contributed by atoms with Crippen molar-refractivity contribution in [1.82, 2.24) is 4.98 Å². The van der Waals surface area contributed by atoms with E-state index < -0.39 is 6.43 Å². The maximum absolute atomic E-state index is 12.7. The van der Waals surface area contributed by atoms with Crippen LogP contribution in [0.5, 0.6) is 0 Å². The third-order valence-electron chi connectivity index (χ3n) is 2.56. The number of hydrogen-bond donors (Lipinski definition) is 2. The number of hydrogen-bond acceptors (Lipinski definition) is 4. The zero-order valence-electron chi connectivity index (χ0n) is 10.1. The monoisotopic (exact) mass is 338 g/mol. The van der Waals surface area contributed by atoms with Gasteiger partial charge in [-0.05, 0) is 40.2 Å². The number of halogens is 3. The van der Waals surface area contributed by atoms with Crippen LogP contribution < -0.4 is 11.1 Å². The fourth-order valence-corrected chi connectivity index (χ4v) is 1.88. The summed E-state index contributed by atoms with van der Waals surface area (Å²) in [6.07, 6.45) is -2.61. The van der Waals surface area contributed by atoms with Gasteiger partial charge in [0.25, 0.3) is 6.43 Å². The van der Waals surface area contributed by atoms with Gasteiger partial charge in [-0.3, -0.25) is 0 Å². The van der Waals surface area contributed by atoms with Gasteiger partial charge in [0.2, 0.25) is 0 Å². The third-order valence-corrected chi connectivity index (χ3v) is 3.00. The molecule has 0 saturated carbocycles. The van der Waals surface area contributed by atoms with Crippen LogP contribution in [-0.4, -0.2) is 4.98 Å². The average molecular weight is 339 g/mol. The van der Waals surface area contributed by atoms with Gasteiger partial charge >= 0.3 is 0 Å². The number of anilines is 3. The number of rotatable bonds is 3. The van der Waals surface area contributed by atoms with E-state index in [0.717, 1.165) is 0 Å². The second kappa shape index (κ2) is 5.84. The summed E-state index contributed by atoms with van der Waals surface area (Å²) >= 11 is 3.19. The van der Waals surface area contributed by atoms with Crippen LogP contribution in [0.3, 0.4) is 0 Å². The predicted molar refractivity (Wildman–Crippen MR) is 75.7 cm³/mol. The number of aromatic nitrogens is 1. The van der Waals surface area contributed by atoms with E-state index in [4.69, 9.17) is 11.0 Å². The first-order valence-electron chi connectivity index (χ1n) is 5.52. The first-order chi connectivity index (χ1) is 9.51. The van der Waals surface area contributed by atoms with Gasteiger partial charge in [-0.2, -0.15) is 5.26 Å². The van der Waals surface area contributed by atoms with Gasteiger partial charge < -0.3 is 11.1 Å². The normalized spacial score (nSPS) is 10.3. The number of nitrogen functional groups attached to an aromatic ring is 1. The molecule has 0 spiro atoms. The van der Waals surface area contributed by atoms with E-state index in [1.807, 2.05) is 6.07 Å². The van der Waals surface area contributed by atoms with Gasteiger partial charge in [-0.25, -0.2) is 13.8 Å². The fraction of sp³-hybridized carbons (Fsp3) is 0.0769. The zero-order valence-corrected chi connectivity index (χ0v) is 11.7. The summed E-state index contributed by atoms with van der Waals surface area (Å²) in [4.78, 5) is 4.10. The maximum Gasteiger partial charge on any atom is 0.263 e. The van der Waals surface area contributed by atoms with Gasteiger partial charge in [0, 0.05) is 5.56 Å². The SMILES string of the molecule is N#Cc1ccc(C(F)F)cc1Nc1nc(Br)ccc1N. The first-order valence-corrected chi connectivity index (χ1v) is 6.32. The van der Waals surface area contributed by atoms with Crippen molar-refractivity contribution in [3.05, 3.63) is 46.1 Å². The van der Waals surface area contributed by atoms with Gasteiger partial charge in [0.15, 0.2) is 5.82 Å². The van der Waals surface area contributed by atoms with Crippen molar-refractivity contribution >= 4 is 33.1 Å². The predicted octanol–water partition coefficient (Wildman–Crippen LogP) is 3.98. The van der Waals surface area contributed by atoms with E-state index in [1.165, 1.54) is 18.2 Å². The van der Waals surface area contributed by atoms with E-state index in [9.17, 15) is 8.78 Å². The molecule has 7 heteroatoms. The molecule has 1 heterocycles. The van der Waals surface area contributed by atoms with Crippen molar-refractivity contribution in [3.63, 3.8) is 0 Å². The lowest BCUT2D eigenvalue weighted by Crippen LogP contribution is -2.01. The summed E-state index contributed by atoms with van der Waals surface area (Å²) in [6.45, 7) is 0. The molecule has 0 aliphatic rings. The van der Waals surface area contributed by atoms with Crippen LogP contribution in [0.1, 0.15) is 17.6 Å². The maximum atomic E-state index is 12.7. The molecule has 0 fully saturated rings. The van der Waals surface area contributed by atoms with Gasteiger partial charge in [0.05, 0.1) is 16.9 Å². The van der Waals surface area contributed by atoms with Gasteiger partial charge in [-0.1, -0.05) is 6.07 Å². The number of alkyl halides is 2. The molecule has 0 radical (unpaired) electrons. The highest BCUT2D eigenvalue weighted by Gasteiger charge is 2.12. The van der Waals surface area contributed by atoms with Crippen molar-refractivity contribution < 1.29 is 8.78 Å². The third kappa shape index (κ3) is 3.03. The lowest BCUT2D eigenvalue weighted by Gasteiger charge is -2.11. The smallest absolute Gasteiger partial charge is 0.263 e. The first kappa shape index (κ1) is 14.2. The van der Waals surface area contributed by atoms with Gasteiger partial charge in [0.1, 0.15) is 10.7 Å². The second-order valence-electron chi connectivity index (χ2n) is 3.91. The molecule has 20 heavy (non-hydrogen) atoms. The Morgan fingerprint density at radius 1 is 1.30 bits per heavy atom. The van der Waals surface area contributed by atoms with E-state index >= 15 is 0 Å². The largest absolute Gasteiger partial charge is 0.396 e. The number of pyridine rings is 1. The van der Waals surface area contributed by atoms with Crippen molar-refractivity contribution in [1.29, 1.82) is 5.26 Å². The topological polar surface area (TPSA) is 74.7 Å². The minimum absolute atomic E-state index is 0.180. The minimum Gasteiger partial charge on any atom is -0.396 e. The summed E-state index contributed by atoms with van der Waals surface area (Å²) in [7, 11) is 0. The van der Waals surface area contributed by atoms with Crippen LogP contribution in [0, 0.1) is 11.3 Å². The Kier molecular flexibility index (Phi) is 4.15. The molecule has 0 atom stereocenters. The van der Waals surface area contributed by atoms with Crippen LogP contribution in [0.15, 0.2) is 34.9 Å². The molecule has 3 N–H and O–H groups in total. The molecule has 2 rings (SSSR count). The molecule has 0 unspecified atom stereocenters. The average Bonchev–Trinajstić information content (AvgIpc) is 2.42. The molecule has 2 aromatic rings. The quantitative estimate of drug-likeness (QED) is 0.830. The molecule has 4 nitrogen and oxygen atoms in total. The molecule has 0 bridgehead atoms. The zero-order chi connectivity index (χ0) is 14.7. The van der Waals surface area contributed by atoms with E-state index in [2.05, 4.69) is 26.2 Å². The van der Waals surface area contributed by atoms with Crippen LogP contribution in [0.2, 0.25) is 0 Å². The highest BCUT2D eigenvalue weighted by molar-refractivity contribution is 9.10. The van der Waals surface area contributed by atoms with Gasteiger partial charge in [-0.15, -0.1) is 0 Å². The molecule has 102 valence electrons. The summed E-state index contributed by atoms with van der Waals surface area (Å²) in [5.74, 6) is 0.294. The number of nitrogens with one attached hydrogen (secondary N) is 1. The molecule has 0 saturated heterocycles. The van der Waals surface area contributed by atoms with Crippen molar-refractivity contribution in [2.45, 2.75) is 6.43 Å². The molecule has 0 amide bonds. The number of nitrogens with zero attached hydrogens (tertiary/aromatic N) is 2. The highest BCUT2D eigenvalue weighted by Crippen LogP contribution is 2.29. The Morgan fingerprint density at radius 2 is 2.05 bits per heavy atom. The van der Waals surface area contributed by atoms with E-state index in [1.54, 1.807) is 12.1 Å². The van der Waals surface area contributed by atoms with Crippen molar-refractivity contribution in [3.8, 4) is 6.07 Å². The summed E-state index contributed by atoms with van der Waals surface area (Å²) in [5, 5.41) is 11.8. The molecular formula is C13H9BrF2N4. The standard InChI is InChI=1S/C13H9BrF2N4/c14-11-4-3-9(18)13(20-11)19-10-5-7(12(15)16)1-2-8(10)6-17/h1-5,12H,18H2,(H,19,20). The molecule has 0 aliphatic heterocycles. The molecule has 1 aromatic heterocycles. The van der Waals surface area contributed by atoms with Crippen LogP contribution in [0.4, 0.5) is 26.0 Å². The lowest BCUT2D eigenvalue weighted by molar-refractivity contribution is 0.151. The molecule has 0 aliphatic carbocycles. The minimum atomic E-state index is -2.61. The lowest BCUT2D eigenvalue weighted by atomic mass is 10.1. The summed E-state index contributed by atoms with van der Waals surface area (Å²) in [6, 6.07) is 8.96. The van der Waals surface area contributed by atoms with E-state index in [-0.39, 0.29) is 16.8 Å². The Labute approximate surface area is 122 Å². The number of nitrogens with two attached hydrogens (primary N) is 1. The molecule has 1 aromatic carbocycles. The van der Waals surface area contributed by atoms with Crippen LogP contribution >= 0.6 is 15.9 Å². The van der Waals surface area contributed by atoms with Crippen LogP contribution in [0.25, 0.3) is 0 Å². The van der Waals surface area contributed by atoms with E-state index in [0.29, 0.717) is 16.1 Å². The Hall–Kier alpha value is -2.20. The van der Waals surface area contributed by atoms with Crippen molar-refractivity contribution in [2.75, 3.05) is 11.1 Å². The molecular weight excluding hydrogens is 330 g/mol. The number of benzene rings is 1. The fourth-order valence-electron chi connectivity index (χ4n) is 1.57. The Morgan fingerprint density at radius 3 is 2.70 bits per heavy atom. The Bertz CT molecular complexity index is 683. The highest BCUT2D eigenvalue weighted by atomic mass is 79.9. The second-order valence-corrected chi connectivity index (χ2v) is 4.73. The summed E-state index contributed by atoms with van der Waals surface area (Å²) < 4.78 is 26.0. The number of nitriles is 1. The summed E-state index contributed by atoms with van der Waals surface area (Å²) in [5.41, 5.74) is 6.39. The van der Waals surface area contributed by atoms with Crippen molar-refractivity contribution in [2.24, 2.45) is 0 Å².